The number of Topliss-reactive ketones (excluding diaryl/α,β-unsaturated/α-hetero) is 1. The van der Waals surface area contributed by atoms with Gasteiger partial charge in [-0.25, -0.2) is 9.59 Å². The van der Waals surface area contributed by atoms with E-state index in [4.69, 9.17) is 4.42 Å². The third-order valence-corrected chi connectivity index (χ3v) is 4.28. The highest BCUT2D eigenvalue weighted by Gasteiger charge is 2.19. The van der Waals surface area contributed by atoms with Crippen LogP contribution in [0.3, 0.4) is 0 Å². The zero-order valence-corrected chi connectivity index (χ0v) is 21.0. The van der Waals surface area contributed by atoms with Crippen LogP contribution >= 0.6 is 47.3 Å². The van der Waals surface area contributed by atoms with Gasteiger partial charge in [0.2, 0.25) is 5.71 Å². The summed E-state index contributed by atoms with van der Waals surface area (Å²) in [4.78, 5) is 49.9. The summed E-state index contributed by atoms with van der Waals surface area (Å²) in [5.74, 6) is -0.345. The molecule has 0 bridgehead atoms. The van der Waals surface area contributed by atoms with E-state index in [1.807, 2.05) is 0 Å². The lowest BCUT2D eigenvalue weighted by Gasteiger charge is -2.12. The molecule has 1 aromatic carbocycles. The van der Waals surface area contributed by atoms with Gasteiger partial charge >= 0.3 is 14.5 Å². The van der Waals surface area contributed by atoms with E-state index in [9.17, 15) is 19.2 Å². The molecule has 11 heteroatoms. The third kappa shape index (κ3) is 5.70. The number of carbonyl (C=O) groups excluding carboxylic acids is 1. The summed E-state index contributed by atoms with van der Waals surface area (Å²) >= 11 is 9.31. The molecule has 2 heterocycles. The fourth-order valence-electron chi connectivity index (χ4n) is 2.96. The predicted molar refractivity (Wildman–Crippen MR) is 129 cm³/mol. The Morgan fingerprint density at radius 1 is 1.03 bits per heavy atom. The number of hydrogen-bond acceptors (Lipinski definition) is 5. The molecule has 0 atom stereocenters. The van der Waals surface area contributed by atoms with Gasteiger partial charge in [-0.05, 0) is 18.9 Å². The van der Waals surface area contributed by atoms with Gasteiger partial charge in [0.25, 0.3) is 5.56 Å². The van der Waals surface area contributed by atoms with Gasteiger partial charge in [-0.15, -0.1) is 47.3 Å². The van der Waals surface area contributed by atoms with Crippen molar-refractivity contribution in [3.63, 3.8) is 0 Å². The van der Waals surface area contributed by atoms with E-state index in [2.05, 4.69) is 47.3 Å². The number of carbonyl (C=O) groups is 1. The molecule has 0 amide bonds. The van der Waals surface area contributed by atoms with Crippen molar-refractivity contribution in [3.05, 3.63) is 78.8 Å². The van der Waals surface area contributed by atoms with Crippen LogP contribution in [0.5, 0.6) is 0 Å². The summed E-state index contributed by atoms with van der Waals surface area (Å²) in [6.45, 7) is 3.33. The highest BCUT2D eigenvalue weighted by atomic mass is 79.9. The van der Waals surface area contributed by atoms with Gasteiger partial charge in [-0.1, -0.05) is 37.3 Å². The lowest BCUT2D eigenvalue weighted by atomic mass is 10.1. The third-order valence-electron chi connectivity index (χ3n) is 4.28. The number of nitrogens with zero attached hydrogens (tertiary/aromatic N) is 2. The maximum absolute atomic E-state index is 12.9. The van der Waals surface area contributed by atoms with Crippen molar-refractivity contribution in [1.29, 1.82) is 0 Å². The van der Waals surface area contributed by atoms with Crippen molar-refractivity contribution >= 4 is 67.3 Å². The predicted octanol–water partition coefficient (Wildman–Crippen LogP) is 3.74. The van der Waals surface area contributed by atoms with Crippen LogP contribution < -0.4 is 16.9 Å². The van der Waals surface area contributed by atoms with Gasteiger partial charge in [-0.2, -0.15) is 0 Å². The second-order valence-electron chi connectivity index (χ2n) is 6.08. The molecule has 0 fully saturated rings. The van der Waals surface area contributed by atoms with Gasteiger partial charge in [0.15, 0.2) is 5.78 Å². The Morgan fingerprint density at radius 3 is 2.17 bits per heavy atom. The summed E-state index contributed by atoms with van der Waals surface area (Å²) in [6.07, 6.45) is 0.423. The molecule has 7 nitrogen and oxygen atoms in total. The molecule has 0 spiro atoms. The molecule has 0 N–H and O–H groups in total. The highest BCUT2D eigenvalue weighted by Crippen LogP contribution is 2.12. The van der Waals surface area contributed by atoms with E-state index in [1.54, 1.807) is 44.2 Å². The number of aromatic nitrogens is 2. The van der Waals surface area contributed by atoms with Crippen molar-refractivity contribution in [2.24, 2.45) is 0 Å². The van der Waals surface area contributed by atoms with E-state index in [1.165, 1.54) is 10.6 Å². The Morgan fingerprint density at radius 2 is 1.63 bits per heavy atom. The summed E-state index contributed by atoms with van der Waals surface area (Å²) in [7, 11) is 0. The first-order chi connectivity index (χ1) is 14.2. The average Bonchev–Trinajstić information content (AvgIpc) is 2.70. The zero-order valence-electron chi connectivity index (χ0n) is 16.2. The molecule has 0 saturated carbocycles. The normalized spacial score (nSPS) is 10.4. The minimum Gasteiger partial charge on any atom is -0.405 e. The number of aryl methyl sites for hydroxylation is 2. The first-order valence-electron chi connectivity index (χ1n) is 9.02. The molecular weight excluding hydrogens is 587 g/mol. The Balaban J connectivity index is 0.000000735. The molecule has 3 rings (SSSR count). The standard InChI is InChI=1S/C19H18N2O5.BBr3/c1-3-12-10-15(23)26-18-16(12)17(24)21(19(25)20(18)4-2)11-14(22)13-8-6-5-7-9-13;2-1(3)4/h5-10H,3-4,11H2,1-2H3;. The van der Waals surface area contributed by atoms with Crippen LogP contribution in [-0.4, -0.2) is 18.1 Å². The first kappa shape index (κ1) is 24.6. The topological polar surface area (TPSA) is 91.3 Å². The maximum Gasteiger partial charge on any atom is 0.369 e. The lowest BCUT2D eigenvalue weighted by molar-refractivity contribution is 0.0968. The molecule has 0 aliphatic carbocycles. The Hall–Kier alpha value is -1.72. The number of ketones is 1. The molecule has 2 aromatic heterocycles. The van der Waals surface area contributed by atoms with E-state index >= 15 is 0 Å². The molecule has 0 aliphatic rings. The Labute approximate surface area is 197 Å². The van der Waals surface area contributed by atoms with Gasteiger partial charge in [0, 0.05) is 18.2 Å². The smallest absolute Gasteiger partial charge is 0.369 e. The van der Waals surface area contributed by atoms with Crippen molar-refractivity contribution in [2.45, 2.75) is 33.4 Å². The van der Waals surface area contributed by atoms with Crippen LogP contribution in [0.15, 0.2) is 55.2 Å². The number of halogens is 3. The van der Waals surface area contributed by atoms with Gasteiger partial charge in [0.05, 0.1) is 6.54 Å². The second kappa shape index (κ2) is 11.1. The van der Waals surface area contributed by atoms with E-state index in [0.717, 1.165) is 4.57 Å². The molecule has 0 radical (unpaired) electrons. The van der Waals surface area contributed by atoms with Crippen LogP contribution in [0.4, 0.5) is 0 Å². The van der Waals surface area contributed by atoms with Crippen molar-refractivity contribution in [2.75, 3.05) is 0 Å². The molecule has 30 heavy (non-hydrogen) atoms. The van der Waals surface area contributed by atoms with Gasteiger partial charge in [0.1, 0.15) is 5.39 Å². The first-order valence-corrected chi connectivity index (χ1v) is 11.8. The molecular formula is C19H18BBr3N2O5. The van der Waals surface area contributed by atoms with Crippen LogP contribution in [-0.2, 0) is 19.5 Å². The second-order valence-corrected chi connectivity index (χ2v) is 12.5. The summed E-state index contributed by atoms with van der Waals surface area (Å²) in [6, 6.07) is 9.71. The average molecular weight is 605 g/mol. The monoisotopic (exact) mass is 602 g/mol. The Bertz CT molecular complexity index is 1220. The minimum absolute atomic E-state index is 0.0461. The number of benzene rings is 1. The fraction of sp³-hybridized carbons (Fsp3) is 0.263. The van der Waals surface area contributed by atoms with Crippen molar-refractivity contribution in [1.82, 2.24) is 9.13 Å². The number of hydrogen-bond donors (Lipinski definition) is 0. The minimum atomic E-state index is -0.675. The molecule has 158 valence electrons. The highest BCUT2D eigenvalue weighted by molar-refractivity contribution is 9.69. The summed E-state index contributed by atoms with van der Waals surface area (Å²) in [5.41, 5.74) is -1.06. The number of fused-ring (bicyclic) bond motifs is 1. The van der Waals surface area contributed by atoms with Crippen molar-refractivity contribution in [3.8, 4) is 0 Å². The van der Waals surface area contributed by atoms with Crippen LogP contribution in [0.2, 0.25) is 0 Å². The quantitative estimate of drug-likeness (QED) is 0.327. The van der Waals surface area contributed by atoms with E-state index < -0.39 is 16.9 Å². The molecule has 0 aliphatic heterocycles. The molecule has 0 unspecified atom stereocenters. The molecule has 0 saturated heterocycles. The summed E-state index contributed by atoms with van der Waals surface area (Å²) in [5, 5.41) is 0.161. The fourth-order valence-corrected chi connectivity index (χ4v) is 2.96. The molecule has 3 aromatic rings. The van der Waals surface area contributed by atoms with E-state index in [-0.39, 0.29) is 33.2 Å². The van der Waals surface area contributed by atoms with Crippen LogP contribution in [0.25, 0.3) is 11.1 Å². The summed E-state index contributed by atoms with van der Waals surface area (Å²) < 4.78 is 7.52. The largest absolute Gasteiger partial charge is 0.405 e. The Kier molecular flexibility index (Phi) is 9.05. The van der Waals surface area contributed by atoms with E-state index in [0.29, 0.717) is 17.5 Å². The zero-order chi connectivity index (χ0) is 22.4. The SMILES string of the molecule is BrB(Br)Br.CCc1cc(=O)oc2c1c(=O)n(CC(=O)c1ccccc1)c(=O)n2CC. The van der Waals surface area contributed by atoms with Gasteiger partial charge < -0.3 is 4.42 Å². The maximum atomic E-state index is 12.9. The van der Waals surface area contributed by atoms with Crippen LogP contribution in [0, 0.1) is 0 Å². The van der Waals surface area contributed by atoms with Gasteiger partial charge in [-0.3, -0.25) is 18.7 Å². The van der Waals surface area contributed by atoms with Crippen LogP contribution in [0.1, 0.15) is 29.8 Å². The lowest BCUT2D eigenvalue weighted by Crippen LogP contribution is -2.42. The number of rotatable bonds is 5. The van der Waals surface area contributed by atoms with Crippen molar-refractivity contribution < 1.29 is 9.21 Å².